The summed E-state index contributed by atoms with van der Waals surface area (Å²) in [6.45, 7) is 15.6. The first kappa shape index (κ1) is 35.9. The van der Waals surface area contributed by atoms with Crippen LogP contribution >= 0.6 is 0 Å². The Hall–Kier alpha value is -5.11. The minimum atomic E-state index is -0.323. The van der Waals surface area contributed by atoms with Gasteiger partial charge in [-0.1, -0.05) is 20.4 Å². The molecule has 4 aliphatic rings. The van der Waals surface area contributed by atoms with Crippen molar-refractivity contribution in [1.82, 2.24) is 24.4 Å². The number of carbonyl (C=O) groups excluding carboxylic acids is 2. The molecule has 3 aromatic heterocycles. The smallest absolute Gasteiger partial charge is 0.276 e. The van der Waals surface area contributed by atoms with Crippen molar-refractivity contribution < 1.29 is 19.4 Å². The van der Waals surface area contributed by atoms with Gasteiger partial charge in [0.1, 0.15) is 11.5 Å². The fraction of sp³-hybridized carbons (Fsp3) is 0.439. The number of ether oxygens (including phenoxy) is 1. The molecule has 0 radical (unpaired) electrons. The monoisotopic (exact) mass is 731 g/mol. The molecule has 0 unspecified atom stereocenters. The number of rotatable bonds is 9. The van der Waals surface area contributed by atoms with E-state index < -0.39 is 0 Å². The Morgan fingerprint density at radius 1 is 1.06 bits per heavy atom. The van der Waals surface area contributed by atoms with Crippen LogP contribution < -0.4 is 20.4 Å². The molecular weight excluding hydrogens is 683 g/mol. The first-order chi connectivity index (χ1) is 26.1. The Kier molecular flexibility index (Phi) is 9.71. The van der Waals surface area contributed by atoms with Crippen molar-refractivity contribution in [3.63, 3.8) is 0 Å². The van der Waals surface area contributed by atoms with Gasteiger partial charge in [-0.25, -0.2) is 15.0 Å². The second-order valence-electron chi connectivity index (χ2n) is 15.6. The molecule has 13 heteroatoms. The summed E-state index contributed by atoms with van der Waals surface area (Å²) in [5.41, 5.74) is 7.44. The number of piperazine rings is 1. The summed E-state index contributed by atoms with van der Waals surface area (Å²) in [5, 5.41) is 17.0. The highest BCUT2D eigenvalue weighted by molar-refractivity contribution is 6.06. The highest BCUT2D eigenvalue weighted by Gasteiger charge is 2.38. The minimum absolute atomic E-state index is 0.115. The van der Waals surface area contributed by atoms with E-state index in [0.29, 0.717) is 64.8 Å². The van der Waals surface area contributed by atoms with Crippen LogP contribution in [-0.2, 0) is 35.5 Å². The summed E-state index contributed by atoms with van der Waals surface area (Å²) in [5.74, 6) is 0.364. The van der Waals surface area contributed by atoms with Gasteiger partial charge >= 0.3 is 0 Å². The van der Waals surface area contributed by atoms with E-state index >= 15 is 0 Å². The van der Waals surface area contributed by atoms with Gasteiger partial charge in [0.2, 0.25) is 11.9 Å². The number of hydrogen-bond acceptors (Lipinski definition) is 10. The highest BCUT2D eigenvalue weighted by atomic mass is 16.5. The minimum Gasteiger partial charge on any atom is -0.392 e. The van der Waals surface area contributed by atoms with Crippen molar-refractivity contribution in [3.05, 3.63) is 84.0 Å². The second kappa shape index (κ2) is 14.6. The topological polar surface area (TPSA) is 141 Å². The molecule has 1 aromatic carbocycles. The first-order valence-corrected chi connectivity index (χ1v) is 19.0. The van der Waals surface area contributed by atoms with E-state index in [-0.39, 0.29) is 29.9 Å². The van der Waals surface area contributed by atoms with E-state index in [4.69, 9.17) is 9.72 Å². The van der Waals surface area contributed by atoms with Crippen molar-refractivity contribution in [2.45, 2.75) is 71.7 Å². The molecule has 1 aliphatic carbocycles. The summed E-state index contributed by atoms with van der Waals surface area (Å²) >= 11 is 0. The van der Waals surface area contributed by atoms with Crippen LogP contribution in [0.5, 0.6) is 0 Å². The maximum atomic E-state index is 13.9. The number of aromatic nitrogens is 4. The zero-order valence-corrected chi connectivity index (χ0v) is 31.3. The van der Waals surface area contributed by atoms with Crippen LogP contribution in [-0.4, -0.2) is 92.8 Å². The molecular formula is C41H49N9O4. The van der Waals surface area contributed by atoms with E-state index in [0.717, 1.165) is 64.2 Å². The lowest BCUT2D eigenvalue weighted by Gasteiger charge is -2.45. The van der Waals surface area contributed by atoms with Gasteiger partial charge < -0.3 is 29.9 Å². The molecule has 0 spiro atoms. The highest BCUT2D eigenvalue weighted by Crippen LogP contribution is 2.40. The van der Waals surface area contributed by atoms with Gasteiger partial charge in [-0.2, -0.15) is 0 Å². The lowest BCUT2D eigenvalue weighted by atomic mass is 9.90. The molecule has 4 aromatic rings. The number of pyridine rings is 1. The molecule has 3 aliphatic heterocycles. The van der Waals surface area contributed by atoms with Crippen LogP contribution in [0.1, 0.15) is 60.9 Å². The predicted molar refractivity (Wildman–Crippen MR) is 209 cm³/mol. The van der Waals surface area contributed by atoms with Gasteiger partial charge in [0, 0.05) is 92.9 Å². The molecule has 2 saturated heterocycles. The molecule has 0 saturated carbocycles. The maximum Gasteiger partial charge on any atom is 0.276 e. The van der Waals surface area contributed by atoms with Gasteiger partial charge in [0.05, 0.1) is 23.7 Å². The normalized spacial score (nSPS) is 20.1. The van der Waals surface area contributed by atoms with Gasteiger partial charge in [0.25, 0.3) is 5.91 Å². The summed E-state index contributed by atoms with van der Waals surface area (Å²) in [6.07, 6.45) is 8.62. The Balaban J connectivity index is 1.03. The van der Waals surface area contributed by atoms with Gasteiger partial charge in [-0.15, -0.1) is 0 Å². The summed E-state index contributed by atoms with van der Waals surface area (Å²) in [7, 11) is 0. The van der Waals surface area contributed by atoms with Crippen LogP contribution in [0.15, 0.2) is 61.4 Å². The Bertz CT molecular complexity index is 2090. The third kappa shape index (κ3) is 6.87. The summed E-state index contributed by atoms with van der Waals surface area (Å²) < 4.78 is 7.76. The zero-order valence-electron chi connectivity index (χ0n) is 31.3. The molecule has 2 amide bonds. The SMILES string of the molecule is C=CC(=O)Nc1cc(Nc2nccc(-c3ccnc(N4CCn5c(cc6c5CC(C)(C)C6)C4=O)c3CO)n2)ccc1N1CCN(C2CCOCC2)C[C@@H]1C. The van der Waals surface area contributed by atoms with Gasteiger partial charge in [0.15, 0.2) is 0 Å². The number of carbonyl (C=O) groups is 2. The van der Waals surface area contributed by atoms with Crippen LogP contribution in [0, 0.1) is 5.41 Å². The molecule has 3 N–H and O–H groups in total. The van der Waals surface area contributed by atoms with E-state index in [2.05, 4.69) is 62.3 Å². The maximum absolute atomic E-state index is 13.9. The number of anilines is 5. The van der Waals surface area contributed by atoms with Crippen LogP contribution in [0.2, 0.25) is 0 Å². The largest absolute Gasteiger partial charge is 0.392 e. The standard InChI is InChI=1S/C41H49N9O4/c1-5-37(52)45-33-21-28(6-7-34(33)48-15-14-47(24-26(48)2)29-10-18-54-19-11-29)44-40-43-13-9-32(46-40)30-8-12-42-38(31(30)25-51)50-17-16-49-35(39(50)53)20-27-22-41(3,4)23-36(27)49/h5-9,12-13,20-21,26,29,51H,1,10-11,14-19,22-25H2,2-4H3,(H,45,52)(H,43,44,46)/t26-/m0/s1. The summed E-state index contributed by atoms with van der Waals surface area (Å²) in [6, 6.07) is 12.3. The van der Waals surface area contributed by atoms with Crippen molar-refractivity contribution >= 4 is 40.6 Å². The molecule has 54 heavy (non-hydrogen) atoms. The number of aliphatic hydroxyl groups is 1. The lowest BCUT2D eigenvalue weighted by molar-refractivity contribution is -0.111. The first-order valence-electron chi connectivity index (χ1n) is 19.0. The number of nitrogens with one attached hydrogen (secondary N) is 2. The van der Waals surface area contributed by atoms with Crippen LogP contribution in [0.25, 0.3) is 11.3 Å². The molecule has 2 fully saturated rings. The average Bonchev–Trinajstić information content (AvgIpc) is 3.67. The van der Waals surface area contributed by atoms with Gasteiger partial charge in [-0.05, 0) is 86.1 Å². The van der Waals surface area contributed by atoms with E-state index in [1.165, 1.54) is 17.3 Å². The van der Waals surface area contributed by atoms with Gasteiger partial charge in [-0.3, -0.25) is 19.4 Å². The third-order valence-electron chi connectivity index (χ3n) is 11.4. The Labute approximate surface area is 316 Å². The number of nitrogens with zero attached hydrogens (tertiary/aromatic N) is 7. The molecule has 13 nitrogen and oxygen atoms in total. The quantitative estimate of drug-likeness (QED) is 0.198. The Morgan fingerprint density at radius 2 is 1.87 bits per heavy atom. The molecule has 8 rings (SSSR count). The number of hydrogen-bond donors (Lipinski definition) is 3. The predicted octanol–water partition coefficient (Wildman–Crippen LogP) is 5.18. The number of amides is 2. The molecule has 0 bridgehead atoms. The van der Waals surface area contributed by atoms with E-state index in [1.807, 2.05) is 24.3 Å². The van der Waals surface area contributed by atoms with Crippen molar-refractivity contribution in [3.8, 4) is 11.3 Å². The number of fused-ring (bicyclic) bond motifs is 3. The lowest BCUT2D eigenvalue weighted by Crippen LogP contribution is -2.56. The molecule has 1 atom stereocenters. The third-order valence-corrected chi connectivity index (χ3v) is 11.4. The molecule has 282 valence electrons. The van der Waals surface area contributed by atoms with Crippen LogP contribution in [0.3, 0.4) is 0 Å². The van der Waals surface area contributed by atoms with Crippen molar-refractivity contribution in [1.29, 1.82) is 0 Å². The van der Waals surface area contributed by atoms with Crippen molar-refractivity contribution in [2.75, 3.05) is 59.8 Å². The van der Waals surface area contributed by atoms with Crippen LogP contribution in [0.4, 0.5) is 28.8 Å². The molecule has 6 heterocycles. The Morgan fingerprint density at radius 3 is 2.65 bits per heavy atom. The van der Waals surface area contributed by atoms with Crippen molar-refractivity contribution in [2.24, 2.45) is 5.41 Å². The summed E-state index contributed by atoms with van der Waals surface area (Å²) in [4.78, 5) is 47.0. The second-order valence-corrected chi connectivity index (χ2v) is 15.6. The fourth-order valence-electron chi connectivity index (χ4n) is 8.79. The van der Waals surface area contributed by atoms with E-state index in [9.17, 15) is 14.7 Å². The number of benzene rings is 1. The number of aliphatic hydroxyl groups excluding tert-OH is 1. The van der Waals surface area contributed by atoms with E-state index in [1.54, 1.807) is 29.4 Å². The zero-order chi connectivity index (χ0) is 37.6. The average molecular weight is 732 g/mol. The fourth-order valence-corrected chi connectivity index (χ4v) is 8.79.